The lowest BCUT2D eigenvalue weighted by Gasteiger charge is -2.34. The molecule has 1 N–H and O–H groups in total. The Morgan fingerprint density at radius 1 is 1.20 bits per heavy atom. The van der Waals surface area contributed by atoms with Gasteiger partial charge in [0.1, 0.15) is 0 Å². The van der Waals surface area contributed by atoms with Crippen LogP contribution in [0.1, 0.15) is 12.0 Å². The van der Waals surface area contributed by atoms with Gasteiger partial charge in [0.25, 0.3) is 5.91 Å². The molecule has 1 aliphatic heterocycles. The molecule has 9 heteroatoms. The zero-order valence-electron chi connectivity index (χ0n) is 14.3. The molecule has 0 saturated carbocycles. The second kappa shape index (κ2) is 8.41. The molecular weight excluding hydrogens is 346 g/mol. The van der Waals surface area contributed by atoms with Crippen molar-refractivity contribution in [2.45, 2.75) is 18.3 Å². The van der Waals surface area contributed by atoms with Crippen molar-refractivity contribution in [2.75, 3.05) is 33.8 Å². The van der Waals surface area contributed by atoms with Crippen LogP contribution < -0.4 is 4.72 Å². The van der Waals surface area contributed by atoms with E-state index in [2.05, 4.69) is 4.72 Å². The van der Waals surface area contributed by atoms with Crippen molar-refractivity contribution in [3.8, 4) is 0 Å². The van der Waals surface area contributed by atoms with Crippen molar-refractivity contribution in [2.24, 2.45) is 0 Å². The van der Waals surface area contributed by atoms with Gasteiger partial charge >= 0.3 is 6.03 Å². The third-order valence-electron chi connectivity index (χ3n) is 3.91. The Bertz CT molecular complexity index is 708. The Morgan fingerprint density at radius 2 is 1.88 bits per heavy atom. The number of imide groups is 1. The second-order valence-electron chi connectivity index (χ2n) is 5.88. The highest BCUT2D eigenvalue weighted by Crippen LogP contribution is 2.13. The van der Waals surface area contributed by atoms with Crippen molar-refractivity contribution >= 4 is 22.0 Å². The normalized spacial score (nSPS) is 18.7. The maximum Gasteiger partial charge on any atom is 0.326 e. The summed E-state index contributed by atoms with van der Waals surface area (Å²) in [5.74, 6) is -0.712. The lowest BCUT2D eigenvalue weighted by atomic mass is 10.2. The number of nitrogens with zero attached hydrogens (tertiary/aromatic N) is 2. The molecule has 1 aromatic rings. The molecule has 1 aliphatic rings. The number of carbonyl (C=O) groups is 2. The molecule has 1 fully saturated rings. The maximum atomic E-state index is 12.3. The van der Waals surface area contributed by atoms with Gasteiger partial charge in [-0.25, -0.2) is 17.9 Å². The quantitative estimate of drug-likeness (QED) is 0.670. The lowest BCUT2D eigenvalue weighted by Crippen LogP contribution is -2.60. The SMILES string of the molecule is CN1CC(S(=O)(=O)NCCCOCc2ccccc2)C(=O)N(C)C1=O. The van der Waals surface area contributed by atoms with Gasteiger partial charge in [-0.2, -0.15) is 0 Å². The number of ether oxygens (including phenoxy) is 1. The van der Waals surface area contributed by atoms with Crippen LogP contribution in [0.15, 0.2) is 30.3 Å². The molecule has 0 aliphatic carbocycles. The standard InChI is InChI=1S/C16H23N3O5S/c1-18-11-14(15(20)19(2)16(18)21)25(22,23)17-9-6-10-24-12-13-7-4-3-5-8-13/h3-5,7-8,14,17H,6,9-12H2,1-2H3. The van der Waals surface area contributed by atoms with Gasteiger partial charge in [0.2, 0.25) is 10.0 Å². The number of hydrogen-bond donors (Lipinski definition) is 1. The molecule has 0 spiro atoms. The zero-order valence-corrected chi connectivity index (χ0v) is 15.2. The third kappa shape index (κ3) is 5.00. The van der Waals surface area contributed by atoms with Crippen LogP contribution in [0.4, 0.5) is 4.79 Å². The molecule has 0 radical (unpaired) electrons. The van der Waals surface area contributed by atoms with Gasteiger partial charge in [0.05, 0.1) is 6.61 Å². The van der Waals surface area contributed by atoms with Crippen LogP contribution >= 0.6 is 0 Å². The Balaban J connectivity index is 1.75. The third-order valence-corrected chi connectivity index (χ3v) is 5.62. The summed E-state index contributed by atoms with van der Waals surface area (Å²) in [6, 6.07) is 9.16. The average molecular weight is 369 g/mol. The number of rotatable bonds is 8. The van der Waals surface area contributed by atoms with Crippen LogP contribution in [0, 0.1) is 0 Å². The summed E-state index contributed by atoms with van der Waals surface area (Å²) < 4.78 is 32.5. The minimum atomic E-state index is -3.85. The first-order valence-electron chi connectivity index (χ1n) is 7.95. The van der Waals surface area contributed by atoms with E-state index in [-0.39, 0.29) is 13.1 Å². The van der Waals surface area contributed by atoms with Gasteiger partial charge in [0.15, 0.2) is 5.25 Å². The number of amides is 3. The van der Waals surface area contributed by atoms with E-state index in [4.69, 9.17) is 4.74 Å². The first-order valence-corrected chi connectivity index (χ1v) is 9.50. The summed E-state index contributed by atoms with van der Waals surface area (Å²) in [7, 11) is -1.11. The van der Waals surface area contributed by atoms with Crippen LogP contribution in [0.5, 0.6) is 0 Å². The molecule has 25 heavy (non-hydrogen) atoms. The minimum Gasteiger partial charge on any atom is -0.377 e. The molecule has 138 valence electrons. The van der Waals surface area contributed by atoms with E-state index in [0.29, 0.717) is 19.6 Å². The maximum absolute atomic E-state index is 12.3. The van der Waals surface area contributed by atoms with Crippen molar-refractivity contribution in [1.82, 2.24) is 14.5 Å². The van der Waals surface area contributed by atoms with Crippen LogP contribution in [0.2, 0.25) is 0 Å². The smallest absolute Gasteiger partial charge is 0.326 e. The highest BCUT2D eigenvalue weighted by atomic mass is 32.2. The van der Waals surface area contributed by atoms with Gasteiger partial charge < -0.3 is 9.64 Å². The highest BCUT2D eigenvalue weighted by molar-refractivity contribution is 7.90. The van der Waals surface area contributed by atoms with E-state index >= 15 is 0 Å². The summed E-state index contributed by atoms with van der Waals surface area (Å²) in [6.07, 6.45) is 0.484. The molecule has 1 atom stereocenters. The molecule has 1 aromatic carbocycles. The largest absolute Gasteiger partial charge is 0.377 e. The van der Waals surface area contributed by atoms with Crippen LogP contribution in [0.25, 0.3) is 0 Å². The second-order valence-corrected chi connectivity index (χ2v) is 7.83. The van der Waals surface area contributed by atoms with Crippen molar-refractivity contribution < 1.29 is 22.7 Å². The number of benzene rings is 1. The summed E-state index contributed by atoms with van der Waals surface area (Å²) >= 11 is 0. The number of urea groups is 1. The van der Waals surface area contributed by atoms with Gasteiger partial charge in [-0.15, -0.1) is 0 Å². The molecule has 3 amide bonds. The van der Waals surface area contributed by atoms with E-state index in [1.54, 1.807) is 0 Å². The molecule has 8 nitrogen and oxygen atoms in total. The van der Waals surface area contributed by atoms with Gasteiger partial charge in [0, 0.05) is 33.8 Å². The highest BCUT2D eigenvalue weighted by Gasteiger charge is 2.42. The van der Waals surface area contributed by atoms with Gasteiger partial charge in [-0.1, -0.05) is 30.3 Å². The topological polar surface area (TPSA) is 96.0 Å². The lowest BCUT2D eigenvalue weighted by molar-refractivity contribution is -0.129. The first-order chi connectivity index (χ1) is 11.8. The summed E-state index contributed by atoms with van der Waals surface area (Å²) in [6.45, 7) is 0.880. The van der Waals surface area contributed by atoms with Crippen LogP contribution in [0.3, 0.4) is 0 Å². The van der Waals surface area contributed by atoms with E-state index in [1.807, 2.05) is 30.3 Å². The predicted octanol–water partition coefficient (Wildman–Crippen LogP) is 0.405. The molecule has 1 saturated heterocycles. The van der Waals surface area contributed by atoms with Gasteiger partial charge in [-0.3, -0.25) is 9.69 Å². The Hall–Kier alpha value is -1.97. The number of nitrogens with one attached hydrogen (secondary N) is 1. The summed E-state index contributed by atoms with van der Waals surface area (Å²) in [5.41, 5.74) is 1.05. The van der Waals surface area contributed by atoms with Crippen molar-refractivity contribution in [1.29, 1.82) is 0 Å². The fourth-order valence-electron chi connectivity index (χ4n) is 2.46. The zero-order chi connectivity index (χ0) is 18.4. The van der Waals surface area contributed by atoms with E-state index < -0.39 is 27.2 Å². The fraction of sp³-hybridized carbons (Fsp3) is 0.500. The number of sulfonamides is 1. The molecule has 0 bridgehead atoms. The van der Waals surface area contributed by atoms with Crippen LogP contribution in [-0.4, -0.2) is 69.2 Å². The number of hydrogen-bond acceptors (Lipinski definition) is 5. The monoisotopic (exact) mass is 369 g/mol. The van der Waals surface area contributed by atoms with E-state index in [0.717, 1.165) is 10.5 Å². The van der Waals surface area contributed by atoms with Gasteiger partial charge in [-0.05, 0) is 12.0 Å². The molecule has 2 rings (SSSR count). The Labute approximate surface area is 147 Å². The average Bonchev–Trinajstić information content (AvgIpc) is 2.60. The number of carbonyl (C=O) groups excluding carboxylic acids is 2. The summed E-state index contributed by atoms with van der Waals surface area (Å²) in [5, 5.41) is -1.29. The van der Waals surface area contributed by atoms with Crippen molar-refractivity contribution in [3.05, 3.63) is 35.9 Å². The Morgan fingerprint density at radius 3 is 2.56 bits per heavy atom. The molecule has 0 aromatic heterocycles. The molecule has 1 heterocycles. The minimum absolute atomic E-state index is 0.151. The van der Waals surface area contributed by atoms with Crippen LogP contribution in [-0.2, 0) is 26.2 Å². The summed E-state index contributed by atoms with van der Waals surface area (Å²) in [4.78, 5) is 25.8. The van der Waals surface area contributed by atoms with Crippen molar-refractivity contribution in [3.63, 3.8) is 0 Å². The van der Waals surface area contributed by atoms with E-state index in [1.165, 1.54) is 19.0 Å². The van der Waals surface area contributed by atoms with E-state index in [9.17, 15) is 18.0 Å². The predicted molar refractivity (Wildman–Crippen MR) is 92.2 cm³/mol. The molecular formula is C16H23N3O5S. The fourth-order valence-corrected chi connectivity index (χ4v) is 3.93. The Kier molecular flexibility index (Phi) is 6.51. The molecule has 1 unspecified atom stereocenters. The first kappa shape index (κ1) is 19.4.